The van der Waals surface area contributed by atoms with Crippen molar-refractivity contribution in [3.05, 3.63) is 0 Å². The number of likely N-dealkylation sites (tertiary alicyclic amines) is 1. The van der Waals surface area contributed by atoms with Gasteiger partial charge in [-0.25, -0.2) is 5.06 Å². The fraction of sp³-hybridized carbons (Fsp3) is 0.833. The Balaban J connectivity index is 1.70. The van der Waals surface area contributed by atoms with Crippen molar-refractivity contribution in [3.8, 4) is 0 Å². The first-order valence-corrected chi connectivity index (χ1v) is 9.49. The van der Waals surface area contributed by atoms with Crippen LogP contribution in [0.4, 0.5) is 0 Å². The zero-order valence-corrected chi connectivity index (χ0v) is 14.9. The maximum Gasteiger partial charge on any atom is 0.243 e. The number of nitrogens with one attached hydrogen (secondary N) is 1. The first kappa shape index (κ1) is 18.2. The molecule has 2 saturated carbocycles. The van der Waals surface area contributed by atoms with Crippen molar-refractivity contribution in [3.63, 3.8) is 0 Å². The van der Waals surface area contributed by atoms with E-state index in [-0.39, 0.29) is 29.8 Å². The minimum absolute atomic E-state index is 0.0111. The van der Waals surface area contributed by atoms with Gasteiger partial charge in [0.15, 0.2) is 0 Å². The van der Waals surface area contributed by atoms with Crippen LogP contribution in [0.15, 0.2) is 0 Å². The third-order valence-corrected chi connectivity index (χ3v) is 5.76. The predicted octanol–water partition coefficient (Wildman–Crippen LogP) is 1.30. The van der Waals surface area contributed by atoms with Crippen LogP contribution < -0.4 is 5.32 Å². The van der Waals surface area contributed by atoms with Crippen molar-refractivity contribution >= 4 is 18.2 Å². The molecule has 1 aliphatic heterocycles. The summed E-state index contributed by atoms with van der Waals surface area (Å²) in [4.78, 5) is 38.2. The highest BCUT2D eigenvalue weighted by Crippen LogP contribution is 2.55. The first-order valence-electron chi connectivity index (χ1n) is 9.49. The highest BCUT2D eigenvalue weighted by molar-refractivity contribution is 5.90. The van der Waals surface area contributed by atoms with Crippen LogP contribution in [-0.4, -0.2) is 58.6 Å². The van der Waals surface area contributed by atoms with Crippen molar-refractivity contribution in [2.75, 3.05) is 13.1 Å². The number of carbonyl (C=O) groups excluding carboxylic acids is 3. The van der Waals surface area contributed by atoms with Gasteiger partial charge in [-0.2, -0.15) is 0 Å². The summed E-state index contributed by atoms with van der Waals surface area (Å²) in [6.45, 7) is 2.66. The molecule has 0 aromatic rings. The molecule has 25 heavy (non-hydrogen) atoms. The number of nitrogens with zero attached hydrogens (tertiary/aromatic N) is 2. The molecule has 7 heteroatoms. The second-order valence-corrected chi connectivity index (χ2v) is 8.04. The van der Waals surface area contributed by atoms with Crippen LogP contribution in [0.1, 0.15) is 58.3 Å². The zero-order valence-electron chi connectivity index (χ0n) is 14.9. The maximum atomic E-state index is 13.1. The summed E-state index contributed by atoms with van der Waals surface area (Å²) >= 11 is 0. The SMILES string of the molecule is CCCCC(CN(O)C=O)C(=O)N1CC2(CC2)CC1C(=O)NC1CC1. The van der Waals surface area contributed by atoms with Crippen molar-refractivity contribution in [1.82, 2.24) is 15.3 Å². The molecule has 1 heterocycles. The number of hydroxylamine groups is 2. The second-order valence-electron chi connectivity index (χ2n) is 8.04. The summed E-state index contributed by atoms with van der Waals surface area (Å²) in [5, 5.41) is 13.1. The maximum absolute atomic E-state index is 13.1. The van der Waals surface area contributed by atoms with Crippen LogP contribution in [0, 0.1) is 11.3 Å². The normalized spacial score (nSPS) is 24.9. The molecule has 0 bridgehead atoms. The number of amides is 3. The molecule has 0 aromatic heterocycles. The molecule has 2 unspecified atom stereocenters. The summed E-state index contributed by atoms with van der Waals surface area (Å²) in [7, 11) is 0. The van der Waals surface area contributed by atoms with Crippen LogP contribution >= 0.6 is 0 Å². The fourth-order valence-corrected chi connectivity index (χ4v) is 3.83. The van der Waals surface area contributed by atoms with Crippen LogP contribution in [0.5, 0.6) is 0 Å². The topological polar surface area (TPSA) is 90.0 Å². The third-order valence-electron chi connectivity index (χ3n) is 5.76. The minimum Gasteiger partial charge on any atom is -0.352 e. The molecular formula is C18H29N3O4. The Hall–Kier alpha value is -1.63. The lowest BCUT2D eigenvalue weighted by atomic mass is 9.99. The average Bonchev–Trinajstić information content (AvgIpc) is 3.50. The molecule has 1 saturated heterocycles. The van der Waals surface area contributed by atoms with Gasteiger partial charge < -0.3 is 10.2 Å². The van der Waals surface area contributed by atoms with Gasteiger partial charge in [0.25, 0.3) is 0 Å². The molecule has 1 spiro atoms. The standard InChI is InChI=1S/C18H29N3O4/c1-2-3-4-13(10-20(25)12-22)17(24)21-11-18(7-8-18)9-15(21)16(23)19-14-5-6-14/h12-15,25H,2-11H2,1H3,(H,19,23). The van der Waals surface area contributed by atoms with Gasteiger partial charge in [0.1, 0.15) is 6.04 Å². The Labute approximate surface area is 148 Å². The van der Waals surface area contributed by atoms with E-state index in [1.165, 1.54) is 0 Å². The molecule has 0 aromatic carbocycles. The number of carbonyl (C=O) groups is 3. The van der Waals surface area contributed by atoms with Gasteiger partial charge >= 0.3 is 0 Å². The monoisotopic (exact) mass is 351 g/mol. The minimum atomic E-state index is -0.458. The Bertz CT molecular complexity index is 530. The third kappa shape index (κ3) is 4.32. The summed E-state index contributed by atoms with van der Waals surface area (Å²) in [5.41, 5.74) is 0.125. The lowest BCUT2D eigenvalue weighted by Crippen LogP contribution is -2.49. The predicted molar refractivity (Wildman–Crippen MR) is 90.5 cm³/mol. The van der Waals surface area contributed by atoms with E-state index < -0.39 is 12.0 Å². The van der Waals surface area contributed by atoms with E-state index in [2.05, 4.69) is 5.32 Å². The Kier molecular flexibility index (Phi) is 5.32. The Morgan fingerprint density at radius 1 is 1.40 bits per heavy atom. The van der Waals surface area contributed by atoms with Gasteiger partial charge in [0, 0.05) is 12.6 Å². The van der Waals surface area contributed by atoms with Crippen molar-refractivity contribution < 1.29 is 19.6 Å². The van der Waals surface area contributed by atoms with Crippen LogP contribution in [-0.2, 0) is 14.4 Å². The van der Waals surface area contributed by atoms with E-state index >= 15 is 0 Å². The fourth-order valence-electron chi connectivity index (χ4n) is 3.83. The van der Waals surface area contributed by atoms with Gasteiger partial charge in [-0.3, -0.25) is 19.6 Å². The van der Waals surface area contributed by atoms with E-state index in [9.17, 15) is 19.6 Å². The molecule has 2 N–H and O–H groups in total. The van der Waals surface area contributed by atoms with E-state index in [1.807, 2.05) is 6.92 Å². The van der Waals surface area contributed by atoms with Gasteiger partial charge in [-0.05, 0) is 43.9 Å². The molecule has 140 valence electrons. The van der Waals surface area contributed by atoms with Crippen molar-refractivity contribution in [2.45, 2.75) is 70.4 Å². The Morgan fingerprint density at radius 2 is 2.12 bits per heavy atom. The average molecular weight is 351 g/mol. The van der Waals surface area contributed by atoms with E-state index in [4.69, 9.17) is 0 Å². The van der Waals surface area contributed by atoms with Gasteiger partial charge in [0.05, 0.1) is 12.5 Å². The first-order chi connectivity index (χ1) is 12.0. The largest absolute Gasteiger partial charge is 0.352 e. The molecule has 3 amide bonds. The quantitative estimate of drug-likeness (QED) is 0.372. The van der Waals surface area contributed by atoms with Crippen LogP contribution in [0.25, 0.3) is 0 Å². The van der Waals surface area contributed by atoms with Crippen LogP contribution in [0.2, 0.25) is 0 Å². The smallest absolute Gasteiger partial charge is 0.243 e. The molecule has 2 aliphatic carbocycles. The molecule has 3 fully saturated rings. The molecular weight excluding hydrogens is 322 g/mol. The van der Waals surface area contributed by atoms with E-state index in [0.29, 0.717) is 24.4 Å². The summed E-state index contributed by atoms with van der Waals surface area (Å²) in [5.74, 6) is -0.598. The number of hydrogen-bond acceptors (Lipinski definition) is 4. The van der Waals surface area contributed by atoms with Crippen molar-refractivity contribution in [1.29, 1.82) is 0 Å². The van der Waals surface area contributed by atoms with Gasteiger partial charge in [-0.15, -0.1) is 0 Å². The molecule has 3 aliphatic rings. The van der Waals surface area contributed by atoms with E-state index in [0.717, 1.165) is 44.9 Å². The Morgan fingerprint density at radius 3 is 2.68 bits per heavy atom. The highest BCUT2D eigenvalue weighted by atomic mass is 16.5. The van der Waals surface area contributed by atoms with Crippen LogP contribution in [0.3, 0.4) is 0 Å². The number of unbranched alkanes of at least 4 members (excludes halogenated alkanes) is 1. The highest BCUT2D eigenvalue weighted by Gasteiger charge is 2.56. The van der Waals surface area contributed by atoms with Gasteiger partial charge in [0.2, 0.25) is 18.2 Å². The summed E-state index contributed by atoms with van der Waals surface area (Å²) in [6.07, 6.45) is 7.66. The van der Waals surface area contributed by atoms with Gasteiger partial charge in [-0.1, -0.05) is 19.8 Å². The zero-order chi connectivity index (χ0) is 18.0. The second kappa shape index (κ2) is 7.32. The molecule has 3 rings (SSSR count). The number of rotatable bonds is 9. The van der Waals surface area contributed by atoms with E-state index in [1.54, 1.807) is 4.90 Å². The molecule has 7 nitrogen and oxygen atoms in total. The molecule has 2 atom stereocenters. The van der Waals surface area contributed by atoms with Crippen molar-refractivity contribution in [2.24, 2.45) is 11.3 Å². The number of hydrogen-bond donors (Lipinski definition) is 2. The lowest BCUT2D eigenvalue weighted by molar-refractivity contribution is -0.158. The lowest BCUT2D eigenvalue weighted by Gasteiger charge is -2.29. The molecule has 0 radical (unpaired) electrons. The summed E-state index contributed by atoms with van der Waals surface area (Å²) in [6, 6.07) is -0.123. The summed E-state index contributed by atoms with van der Waals surface area (Å²) < 4.78 is 0.